The summed E-state index contributed by atoms with van der Waals surface area (Å²) in [5, 5.41) is 2.74. The number of carbonyl (C=O) groups is 2. The maximum Gasteiger partial charge on any atom is 0.341 e. The van der Waals surface area contributed by atoms with Gasteiger partial charge in [-0.2, -0.15) is 0 Å². The van der Waals surface area contributed by atoms with Gasteiger partial charge in [-0.25, -0.2) is 9.18 Å². The third kappa shape index (κ3) is 6.08. The van der Waals surface area contributed by atoms with Crippen LogP contribution in [0.2, 0.25) is 5.02 Å². The summed E-state index contributed by atoms with van der Waals surface area (Å²) in [5.41, 5.74) is 0.754. The van der Waals surface area contributed by atoms with Crippen molar-refractivity contribution in [3.05, 3.63) is 64.4 Å². The van der Waals surface area contributed by atoms with Gasteiger partial charge >= 0.3 is 5.97 Å². The van der Waals surface area contributed by atoms with Crippen LogP contribution in [-0.4, -0.2) is 31.6 Å². The molecule has 0 saturated carbocycles. The third-order valence-corrected chi connectivity index (χ3v) is 3.40. The van der Waals surface area contributed by atoms with Crippen LogP contribution in [0.1, 0.15) is 15.9 Å². The highest BCUT2D eigenvalue weighted by molar-refractivity contribution is 6.30. The van der Waals surface area contributed by atoms with Gasteiger partial charge in [0.2, 0.25) is 0 Å². The summed E-state index contributed by atoms with van der Waals surface area (Å²) in [6, 6.07) is 11.0. The summed E-state index contributed by atoms with van der Waals surface area (Å²) >= 11 is 5.70. The molecule has 0 fully saturated rings. The lowest BCUT2D eigenvalue weighted by atomic mass is 10.2. The van der Waals surface area contributed by atoms with Crippen molar-refractivity contribution >= 4 is 23.5 Å². The smallest absolute Gasteiger partial charge is 0.341 e. The lowest BCUT2D eigenvalue weighted by Crippen LogP contribution is -2.32. The van der Waals surface area contributed by atoms with Crippen LogP contribution < -0.4 is 10.1 Å². The molecule has 0 saturated heterocycles. The van der Waals surface area contributed by atoms with Crippen LogP contribution in [0.3, 0.4) is 0 Å². The maximum absolute atomic E-state index is 13.5. The van der Waals surface area contributed by atoms with E-state index in [1.165, 1.54) is 6.07 Å². The van der Waals surface area contributed by atoms with Gasteiger partial charge < -0.3 is 14.8 Å². The van der Waals surface area contributed by atoms with Gasteiger partial charge in [0.25, 0.3) is 5.91 Å². The number of carbonyl (C=O) groups excluding carboxylic acids is 2. The van der Waals surface area contributed by atoms with Crippen LogP contribution in [0.25, 0.3) is 0 Å². The molecule has 7 heteroatoms. The van der Waals surface area contributed by atoms with E-state index in [-0.39, 0.29) is 23.7 Å². The standard InChI is InChI=1S/C18H17ClFNO4/c1-12-3-2-4-14(9-12)24-8-7-21-17(22)11-25-18(23)15-10-13(19)5-6-16(15)20/h2-6,9-10H,7-8,11H2,1H3,(H,21,22). The van der Waals surface area contributed by atoms with Crippen LogP contribution in [0, 0.1) is 12.7 Å². The number of hydrogen-bond donors (Lipinski definition) is 1. The number of amides is 1. The SMILES string of the molecule is Cc1cccc(OCCNC(=O)COC(=O)c2cc(Cl)ccc2F)c1. The fourth-order valence-corrected chi connectivity index (χ4v) is 2.15. The average Bonchev–Trinajstić information content (AvgIpc) is 2.59. The second-order valence-corrected chi connectivity index (χ2v) is 5.65. The summed E-state index contributed by atoms with van der Waals surface area (Å²) < 4.78 is 23.7. The van der Waals surface area contributed by atoms with Gasteiger partial charge in [0.05, 0.1) is 12.1 Å². The Bertz CT molecular complexity index is 766. The topological polar surface area (TPSA) is 64.6 Å². The van der Waals surface area contributed by atoms with E-state index in [4.69, 9.17) is 21.1 Å². The van der Waals surface area contributed by atoms with E-state index in [2.05, 4.69) is 5.32 Å². The minimum atomic E-state index is -0.953. The van der Waals surface area contributed by atoms with Crippen molar-refractivity contribution in [2.75, 3.05) is 19.8 Å². The fraction of sp³-hybridized carbons (Fsp3) is 0.222. The Hall–Kier alpha value is -2.60. The predicted octanol–water partition coefficient (Wildman–Crippen LogP) is 3.14. The minimum absolute atomic E-state index is 0.200. The quantitative estimate of drug-likeness (QED) is 0.604. The van der Waals surface area contributed by atoms with E-state index in [1.807, 2.05) is 31.2 Å². The van der Waals surface area contributed by atoms with E-state index in [1.54, 1.807) is 0 Å². The number of halogens is 2. The average molecular weight is 366 g/mol. The molecule has 1 amide bonds. The van der Waals surface area contributed by atoms with Gasteiger partial charge in [0.15, 0.2) is 6.61 Å². The Kier molecular flexibility index (Phi) is 6.77. The van der Waals surface area contributed by atoms with Gasteiger partial charge in [0.1, 0.15) is 18.2 Å². The molecule has 0 bridgehead atoms. The monoisotopic (exact) mass is 365 g/mol. The van der Waals surface area contributed by atoms with E-state index < -0.39 is 24.3 Å². The molecule has 0 spiro atoms. The summed E-state index contributed by atoms with van der Waals surface area (Å²) in [4.78, 5) is 23.4. The first-order valence-electron chi connectivity index (χ1n) is 7.54. The summed E-state index contributed by atoms with van der Waals surface area (Å²) in [6.45, 7) is 1.95. The van der Waals surface area contributed by atoms with Crippen molar-refractivity contribution in [3.63, 3.8) is 0 Å². The number of esters is 1. The van der Waals surface area contributed by atoms with E-state index in [9.17, 15) is 14.0 Å². The third-order valence-electron chi connectivity index (χ3n) is 3.17. The summed E-state index contributed by atoms with van der Waals surface area (Å²) in [5.74, 6) is -1.52. The highest BCUT2D eigenvalue weighted by atomic mass is 35.5. The van der Waals surface area contributed by atoms with Gasteiger partial charge in [0, 0.05) is 5.02 Å². The molecule has 0 aliphatic carbocycles. The second-order valence-electron chi connectivity index (χ2n) is 5.22. The van der Waals surface area contributed by atoms with Crippen molar-refractivity contribution < 1.29 is 23.5 Å². The molecule has 25 heavy (non-hydrogen) atoms. The number of aryl methyl sites for hydroxylation is 1. The highest BCUT2D eigenvalue weighted by Crippen LogP contribution is 2.15. The Morgan fingerprint density at radius 2 is 2.00 bits per heavy atom. The predicted molar refractivity (Wildman–Crippen MR) is 91.4 cm³/mol. The van der Waals surface area contributed by atoms with Crippen LogP contribution >= 0.6 is 11.6 Å². The molecule has 0 aromatic heterocycles. The van der Waals surface area contributed by atoms with Crippen LogP contribution in [-0.2, 0) is 9.53 Å². The molecular weight excluding hydrogens is 349 g/mol. The fourth-order valence-electron chi connectivity index (χ4n) is 1.98. The zero-order valence-corrected chi connectivity index (χ0v) is 14.3. The molecule has 1 N–H and O–H groups in total. The van der Waals surface area contributed by atoms with Crippen molar-refractivity contribution in [1.82, 2.24) is 5.32 Å². The van der Waals surface area contributed by atoms with Crippen molar-refractivity contribution in [2.45, 2.75) is 6.92 Å². The molecule has 2 aromatic carbocycles. The molecule has 0 atom stereocenters. The van der Waals surface area contributed by atoms with E-state index in [0.29, 0.717) is 5.75 Å². The highest BCUT2D eigenvalue weighted by Gasteiger charge is 2.15. The van der Waals surface area contributed by atoms with Gasteiger partial charge in [-0.3, -0.25) is 4.79 Å². The molecular formula is C18H17ClFNO4. The Morgan fingerprint density at radius 3 is 2.76 bits per heavy atom. The number of rotatable bonds is 7. The van der Waals surface area contributed by atoms with Gasteiger partial charge in [-0.15, -0.1) is 0 Å². The lowest BCUT2D eigenvalue weighted by Gasteiger charge is -2.09. The van der Waals surface area contributed by atoms with Gasteiger partial charge in [-0.1, -0.05) is 23.7 Å². The Labute approximate surface area is 149 Å². The van der Waals surface area contributed by atoms with E-state index in [0.717, 1.165) is 17.7 Å². The van der Waals surface area contributed by atoms with Crippen LogP contribution in [0.4, 0.5) is 4.39 Å². The number of benzene rings is 2. The minimum Gasteiger partial charge on any atom is -0.492 e. The molecule has 0 unspecified atom stereocenters. The molecule has 132 valence electrons. The van der Waals surface area contributed by atoms with Gasteiger partial charge in [-0.05, 0) is 42.8 Å². The summed E-state index contributed by atoms with van der Waals surface area (Å²) in [7, 11) is 0. The number of ether oxygens (including phenoxy) is 2. The second kappa shape index (κ2) is 9.03. The Morgan fingerprint density at radius 1 is 1.20 bits per heavy atom. The van der Waals surface area contributed by atoms with Crippen LogP contribution in [0.15, 0.2) is 42.5 Å². The number of nitrogens with one attached hydrogen (secondary N) is 1. The molecule has 2 aromatic rings. The first kappa shape index (κ1) is 18.7. The molecule has 0 aliphatic heterocycles. The largest absolute Gasteiger partial charge is 0.492 e. The first-order chi connectivity index (χ1) is 12.0. The molecule has 0 heterocycles. The number of hydrogen-bond acceptors (Lipinski definition) is 4. The van der Waals surface area contributed by atoms with Crippen LogP contribution in [0.5, 0.6) is 5.75 Å². The van der Waals surface area contributed by atoms with Crippen molar-refractivity contribution in [3.8, 4) is 5.75 Å². The normalized spacial score (nSPS) is 10.2. The van der Waals surface area contributed by atoms with Crippen molar-refractivity contribution in [1.29, 1.82) is 0 Å². The molecule has 0 radical (unpaired) electrons. The zero-order chi connectivity index (χ0) is 18.2. The zero-order valence-electron chi connectivity index (χ0n) is 13.6. The summed E-state index contributed by atoms with van der Waals surface area (Å²) in [6.07, 6.45) is 0. The first-order valence-corrected chi connectivity index (χ1v) is 7.92. The lowest BCUT2D eigenvalue weighted by molar-refractivity contribution is -0.124. The maximum atomic E-state index is 13.5. The molecule has 2 rings (SSSR count). The Balaban J connectivity index is 1.70. The molecule has 5 nitrogen and oxygen atoms in total. The van der Waals surface area contributed by atoms with Crippen molar-refractivity contribution in [2.24, 2.45) is 0 Å². The van der Waals surface area contributed by atoms with E-state index >= 15 is 0 Å². The molecule has 0 aliphatic rings.